The number of methoxy groups -OCH3 is 2. The third-order valence-corrected chi connectivity index (χ3v) is 4.92. The number of hydrogen-bond acceptors (Lipinski definition) is 5. The van der Waals surface area contributed by atoms with Crippen molar-refractivity contribution in [3.8, 4) is 17.6 Å². The van der Waals surface area contributed by atoms with Gasteiger partial charge in [0, 0.05) is 18.2 Å². The van der Waals surface area contributed by atoms with E-state index in [0.717, 1.165) is 10.5 Å². The fourth-order valence-electron chi connectivity index (χ4n) is 3.38. The Kier molecular flexibility index (Phi) is 5.88. The lowest BCUT2D eigenvalue weighted by Gasteiger charge is -2.47. The van der Waals surface area contributed by atoms with Gasteiger partial charge < -0.3 is 19.5 Å². The second-order valence-corrected chi connectivity index (χ2v) is 6.56. The Morgan fingerprint density at radius 2 is 1.93 bits per heavy atom. The van der Waals surface area contributed by atoms with E-state index in [2.05, 4.69) is 6.07 Å². The Morgan fingerprint density at radius 3 is 2.52 bits per heavy atom. The molecule has 1 aliphatic heterocycles. The number of rotatable bonds is 7. The third kappa shape index (κ3) is 3.94. The van der Waals surface area contributed by atoms with Gasteiger partial charge in [-0.3, -0.25) is 9.69 Å². The Hall–Kier alpha value is -3.73. The zero-order valence-electron chi connectivity index (χ0n) is 16.1. The predicted molar refractivity (Wildman–Crippen MR) is 103 cm³/mol. The molecule has 3 rings (SSSR count). The SMILES string of the molecule is COc1ccc(CN2C(=O)[C@@H](N(Cc3ccccc3)C(=O)O)[C@H]2C#N)c(OC)c1. The van der Waals surface area contributed by atoms with E-state index in [1.165, 1.54) is 19.1 Å². The summed E-state index contributed by atoms with van der Waals surface area (Å²) in [5.41, 5.74) is 1.44. The average molecular weight is 395 g/mol. The largest absolute Gasteiger partial charge is 0.497 e. The first kappa shape index (κ1) is 20.0. The van der Waals surface area contributed by atoms with E-state index in [-0.39, 0.29) is 13.1 Å². The fourth-order valence-corrected chi connectivity index (χ4v) is 3.38. The fraction of sp³-hybridized carbons (Fsp3) is 0.286. The molecule has 0 aliphatic carbocycles. The highest BCUT2D eigenvalue weighted by atomic mass is 16.5. The van der Waals surface area contributed by atoms with Crippen molar-refractivity contribution in [3.05, 3.63) is 59.7 Å². The molecule has 0 saturated carbocycles. The van der Waals surface area contributed by atoms with Crippen LogP contribution in [0.5, 0.6) is 11.5 Å². The molecule has 2 amide bonds. The molecule has 1 aliphatic rings. The van der Waals surface area contributed by atoms with E-state index < -0.39 is 24.1 Å². The van der Waals surface area contributed by atoms with Crippen LogP contribution in [-0.4, -0.2) is 53.2 Å². The third-order valence-electron chi connectivity index (χ3n) is 4.92. The van der Waals surface area contributed by atoms with Crippen LogP contribution < -0.4 is 9.47 Å². The lowest BCUT2D eigenvalue weighted by Crippen LogP contribution is -2.70. The molecule has 1 saturated heterocycles. The molecule has 1 N–H and O–H groups in total. The Labute approximate surface area is 168 Å². The maximum Gasteiger partial charge on any atom is 0.408 e. The lowest BCUT2D eigenvalue weighted by atomic mass is 9.93. The van der Waals surface area contributed by atoms with Crippen molar-refractivity contribution in [2.45, 2.75) is 25.2 Å². The molecule has 2 aromatic rings. The van der Waals surface area contributed by atoms with Crippen molar-refractivity contribution in [2.24, 2.45) is 0 Å². The van der Waals surface area contributed by atoms with Crippen LogP contribution in [0.25, 0.3) is 0 Å². The standard InChI is InChI=1S/C21H21N3O5/c1-28-16-9-8-15(18(10-16)29-2)13-23-17(11-22)19(20(23)25)24(21(26)27)12-14-6-4-3-5-7-14/h3-10,17,19H,12-13H2,1-2H3,(H,26,27)/t17-,19+/m1/s1. The second kappa shape index (κ2) is 8.52. The quantitative estimate of drug-likeness (QED) is 0.723. The minimum Gasteiger partial charge on any atom is -0.497 e. The van der Waals surface area contributed by atoms with Crippen molar-refractivity contribution in [1.29, 1.82) is 5.26 Å². The summed E-state index contributed by atoms with van der Waals surface area (Å²) in [6.45, 7) is 0.171. The first-order valence-corrected chi connectivity index (χ1v) is 8.94. The number of benzene rings is 2. The molecule has 8 nitrogen and oxygen atoms in total. The number of nitriles is 1. The number of likely N-dealkylation sites (tertiary alicyclic amines) is 1. The van der Waals surface area contributed by atoms with Gasteiger partial charge in [-0.25, -0.2) is 4.79 Å². The Morgan fingerprint density at radius 1 is 1.21 bits per heavy atom. The van der Waals surface area contributed by atoms with E-state index in [1.807, 2.05) is 6.07 Å². The highest BCUT2D eigenvalue weighted by Crippen LogP contribution is 2.32. The van der Waals surface area contributed by atoms with Crippen LogP contribution >= 0.6 is 0 Å². The first-order chi connectivity index (χ1) is 14.0. The summed E-state index contributed by atoms with van der Waals surface area (Å²) >= 11 is 0. The van der Waals surface area contributed by atoms with Gasteiger partial charge in [0.25, 0.3) is 0 Å². The van der Waals surface area contributed by atoms with Crippen LogP contribution in [0.15, 0.2) is 48.5 Å². The normalized spacial score (nSPS) is 17.8. The van der Waals surface area contributed by atoms with Crippen molar-refractivity contribution in [2.75, 3.05) is 14.2 Å². The Bertz CT molecular complexity index is 941. The lowest BCUT2D eigenvalue weighted by molar-refractivity contribution is -0.155. The summed E-state index contributed by atoms with van der Waals surface area (Å²) in [5, 5.41) is 19.2. The molecule has 1 heterocycles. The topological polar surface area (TPSA) is 103 Å². The molecule has 29 heavy (non-hydrogen) atoms. The van der Waals surface area contributed by atoms with E-state index in [1.54, 1.807) is 42.5 Å². The van der Waals surface area contributed by atoms with Crippen molar-refractivity contribution in [3.63, 3.8) is 0 Å². The molecule has 2 aromatic carbocycles. The average Bonchev–Trinajstić information content (AvgIpc) is 2.74. The van der Waals surface area contributed by atoms with Crippen LogP contribution in [0.4, 0.5) is 4.79 Å². The van der Waals surface area contributed by atoms with E-state index >= 15 is 0 Å². The van der Waals surface area contributed by atoms with Crippen LogP contribution in [0, 0.1) is 11.3 Å². The van der Waals surface area contributed by atoms with Crippen LogP contribution in [0.3, 0.4) is 0 Å². The van der Waals surface area contributed by atoms with E-state index in [9.17, 15) is 20.0 Å². The zero-order valence-corrected chi connectivity index (χ0v) is 16.1. The number of nitrogens with zero attached hydrogens (tertiary/aromatic N) is 3. The van der Waals surface area contributed by atoms with Gasteiger partial charge in [-0.15, -0.1) is 0 Å². The molecule has 0 aromatic heterocycles. The molecule has 0 unspecified atom stereocenters. The van der Waals surface area contributed by atoms with Gasteiger partial charge in [-0.2, -0.15) is 5.26 Å². The molecular formula is C21H21N3O5. The number of ether oxygens (including phenoxy) is 2. The van der Waals surface area contributed by atoms with Crippen LogP contribution in [0.1, 0.15) is 11.1 Å². The zero-order chi connectivity index (χ0) is 21.0. The van der Waals surface area contributed by atoms with E-state index in [0.29, 0.717) is 17.1 Å². The number of carbonyl (C=O) groups excluding carboxylic acids is 1. The molecule has 2 atom stereocenters. The number of hydrogen-bond donors (Lipinski definition) is 1. The molecule has 8 heteroatoms. The number of amides is 2. The van der Waals surface area contributed by atoms with E-state index in [4.69, 9.17) is 9.47 Å². The first-order valence-electron chi connectivity index (χ1n) is 8.94. The predicted octanol–water partition coefficient (Wildman–Crippen LogP) is 2.49. The maximum atomic E-state index is 12.8. The molecule has 150 valence electrons. The second-order valence-electron chi connectivity index (χ2n) is 6.56. The molecular weight excluding hydrogens is 374 g/mol. The van der Waals surface area contributed by atoms with Crippen molar-refractivity contribution >= 4 is 12.0 Å². The number of carboxylic acid groups (broad SMARTS) is 1. The van der Waals surface area contributed by atoms with Crippen molar-refractivity contribution < 1.29 is 24.2 Å². The summed E-state index contributed by atoms with van der Waals surface area (Å²) < 4.78 is 10.5. The van der Waals surface area contributed by atoms with Crippen LogP contribution in [0.2, 0.25) is 0 Å². The monoisotopic (exact) mass is 395 g/mol. The number of carbonyl (C=O) groups is 2. The van der Waals surface area contributed by atoms with Gasteiger partial charge >= 0.3 is 6.09 Å². The van der Waals surface area contributed by atoms with Gasteiger partial charge in [0.05, 0.1) is 26.8 Å². The molecule has 0 radical (unpaired) electrons. The summed E-state index contributed by atoms with van der Waals surface area (Å²) in [6.07, 6.45) is -1.24. The minimum absolute atomic E-state index is 0.0322. The Balaban J connectivity index is 1.80. The highest BCUT2D eigenvalue weighted by Gasteiger charge is 2.52. The van der Waals surface area contributed by atoms with Crippen LogP contribution in [-0.2, 0) is 17.9 Å². The summed E-state index contributed by atoms with van der Waals surface area (Å²) in [6, 6.07) is 14.3. The van der Waals surface area contributed by atoms with Gasteiger partial charge in [0.15, 0.2) is 0 Å². The summed E-state index contributed by atoms with van der Waals surface area (Å²) in [7, 11) is 3.05. The summed E-state index contributed by atoms with van der Waals surface area (Å²) in [4.78, 5) is 27.0. The smallest absolute Gasteiger partial charge is 0.408 e. The number of β-lactam (4-membered cyclic amide) rings is 1. The minimum atomic E-state index is -1.24. The molecule has 1 fully saturated rings. The van der Waals surface area contributed by atoms with Gasteiger partial charge in [0.1, 0.15) is 23.6 Å². The van der Waals surface area contributed by atoms with Gasteiger partial charge in [-0.05, 0) is 17.7 Å². The summed E-state index contributed by atoms with van der Waals surface area (Å²) in [5.74, 6) is 0.722. The van der Waals surface area contributed by atoms with Crippen molar-refractivity contribution in [1.82, 2.24) is 9.80 Å². The molecule has 0 spiro atoms. The van der Waals surface area contributed by atoms with Gasteiger partial charge in [-0.1, -0.05) is 30.3 Å². The maximum absolute atomic E-state index is 12.8. The van der Waals surface area contributed by atoms with Gasteiger partial charge in [0.2, 0.25) is 5.91 Å². The highest BCUT2D eigenvalue weighted by molar-refractivity contribution is 5.93. The molecule has 0 bridgehead atoms.